The number of hydrogen-bond donors (Lipinski definition) is 0. The summed E-state index contributed by atoms with van der Waals surface area (Å²) >= 11 is 3.47. The fourth-order valence-corrected chi connectivity index (χ4v) is 0. The van der Waals surface area contributed by atoms with Crippen LogP contribution in [0, 0.1) is 10.3 Å². The van der Waals surface area contributed by atoms with Crippen LogP contribution in [0.1, 0.15) is 0 Å². The van der Waals surface area contributed by atoms with Crippen LogP contribution < -0.4 is 0 Å². The van der Waals surface area contributed by atoms with Gasteiger partial charge in [0, 0.05) is 19.5 Å². The molecule has 0 bridgehead atoms. The van der Waals surface area contributed by atoms with E-state index in [0.717, 1.165) is 0 Å². The second-order valence-electron chi connectivity index (χ2n) is 0.0707. The van der Waals surface area contributed by atoms with E-state index in [-0.39, 0.29) is 19.5 Å². The van der Waals surface area contributed by atoms with Gasteiger partial charge >= 0.3 is 25.8 Å². The topological polar surface area (TPSA) is 23.8 Å². The zero-order chi connectivity index (χ0) is 2.71. The fraction of sp³-hybridized carbons (Fsp3) is 0. The molecule has 0 heterocycles. The number of nitriles is 1. The Bertz CT molecular complexity index is 29.5. The standard InChI is InChI=1S/CN.Ni.Zn/c1-2;;. The molecule has 0 saturated heterocycles. The monoisotopic (exact) mass is 148 g/mol. The van der Waals surface area contributed by atoms with Crippen LogP contribution in [-0.4, -0.2) is 0 Å². The molecule has 1 nitrogen and oxygen atoms in total. The summed E-state index contributed by atoms with van der Waals surface area (Å²) < 4.78 is 0. The van der Waals surface area contributed by atoms with E-state index < -0.39 is 0 Å². The Hall–Kier alpha value is 0.607. The molecule has 0 fully saturated rings. The SMILES string of the molecule is N#[C][Ni].[Zn]. The summed E-state index contributed by atoms with van der Waals surface area (Å²) in [6, 6.07) is 0. The zero-order valence-corrected chi connectivity index (χ0v) is 5.93. The molecule has 0 spiro atoms. The van der Waals surface area contributed by atoms with Gasteiger partial charge in [0.05, 0.1) is 0 Å². The van der Waals surface area contributed by atoms with Crippen molar-refractivity contribution in [3.8, 4) is 5.04 Å². The van der Waals surface area contributed by atoms with Crippen molar-refractivity contribution >= 4 is 0 Å². The molecular formula is CNNiZn. The van der Waals surface area contributed by atoms with E-state index in [9.17, 15) is 0 Å². The van der Waals surface area contributed by atoms with Crippen molar-refractivity contribution in [1.82, 2.24) is 0 Å². The number of nitrogens with zero attached hydrogens (tertiary/aromatic N) is 1. The molecule has 0 aromatic heterocycles. The molecule has 0 aliphatic heterocycles. The van der Waals surface area contributed by atoms with Crippen LogP contribution in [0.5, 0.6) is 0 Å². The van der Waals surface area contributed by atoms with Gasteiger partial charge in [0.2, 0.25) is 0 Å². The molecule has 0 amide bonds. The molecule has 21 valence electrons. The van der Waals surface area contributed by atoms with Crippen molar-refractivity contribution in [2.24, 2.45) is 0 Å². The Kier molecular flexibility index (Phi) is 20.9. The van der Waals surface area contributed by atoms with Gasteiger partial charge < -0.3 is 0 Å². The molecule has 0 aliphatic rings. The summed E-state index contributed by atoms with van der Waals surface area (Å²) in [5.74, 6) is 0. The van der Waals surface area contributed by atoms with Crippen molar-refractivity contribution < 1.29 is 34.9 Å². The molecular weight excluding hydrogens is 150 g/mol. The van der Waals surface area contributed by atoms with Gasteiger partial charge in [-0.3, -0.25) is 0 Å². The van der Waals surface area contributed by atoms with Crippen LogP contribution in [0.3, 0.4) is 0 Å². The summed E-state index contributed by atoms with van der Waals surface area (Å²) in [6.45, 7) is 0. The summed E-state index contributed by atoms with van der Waals surface area (Å²) in [7, 11) is 0. The molecule has 0 aliphatic carbocycles. The minimum Gasteiger partial charge on any atom is 0 e. The van der Waals surface area contributed by atoms with E-state index in [0.29, 0.717) is 0 Å². The van der Waals surface area contributed by atoms with Gasteiger partial charge in [-0.2, -0.15) is 0 Å². The normalized spacial score (nSPS) is 2.25. The quantitative estimate of drug-likeness (QED) is 0.446. The Balaban J connectivity index is 0. The molecule has 3 heteroatoms. The minimum atomic E-state index is 0. The van der Waals surface area contributed by atoms with Gasteiger partial charge in [-0.05, 0) is 0 Å². The fourth-order valence-electron chi connectivity index (χ4n) is 0. The van der Waals surface area contributed by atoms with Gasteiger partial charge in [0.1, 0.15) is 0 Å². The van der Waals surface area contributed by atoms with Crippen molar-refractivity contribution in [3.63, 3.8) is 0 Å². The largest absolute Gasteiger partial charge is 0 e. The maximum atomic E-state index is 7.15. The van der Waals surface area contributed by atoms with Gasteiger partial charge in [-0.15, -0.1) is 0 Å². The van der Waals surface area contributed by atoms with Crippen LogP contribution in [-0.2, 0) is 34.9 Å². The van der Waals surface area contributed by atoms with Gasteiger partial charge in [-0.1, -0.05) is 0 Å². The van der Waals surface area contributed by atoms with Crippen LogP contribution in [0.15, 0.2) is 0 Å². The molecule has 0 unspecified atom stereocenters. The smallest absolute Gasteiger partial charge is 0 e. The van der Waals surface area contributed by atoms with E-state index in [1.807, 2.05) is 0 Å². The molecule has 4 heavy (non-hydrogen) atoms. The first-order valence-corrected chi connectivity index (χ1v) is 0.876. The third-order valence-corrected chi connectivity index (χ3v) is 0. The van der Waals surface area contributed by atoms with E-state index in [1.165, 1.54) is 5.04 Å². The second kappa shape index (κ2) is 9.49. The zero-order valence-electron chi connectivity index (χ0n) is 1.97. The Morgan fingerprint density at radius 3 is 1.75 bits per heavy atom. The van der Waals surface area contributed by atoms with Crippen molar-refractivity contribution in [2.75, 3.05) is 0 Å². The first kappa shape index (κ1) is 8.82. The number of hydrogen-bond acceptors (Lipinski definition) is 1. The average Bonchev–Trinajstić information content (AvgIpc) is 0.918. The molecule has 0 atom stereocenters. The predicted molar refractivity (Wildman–Crippen MR) is 5.61 cm³/mol. The maximum Gasteiger partial charge on any atom is 0 e. The third kappa shape index (κ3) is 18.3. The Morgan fingerprint density at radius 1 is 1.75 bits per heavy atom. The predicted octanol–water partition coefficient (Wildman–Crippen LogP) is 0.0118. The summed E-state index contributed by atoms with van der Waals surface area (Å²) in [5.41, 5.74) is 0. The van der Waals surface area contributed by atoms with E-state index >= 15 is 0 Å². The first-order chi connectivity index (χ1) is 1.41. The van der Waals surface area contributed by atoms with Crippen molar-refractivity contribution in [1.29, 1.82) is 5.26 Å². The maximum absolute atomic E-state index is 7.15. The Morgan fingerprint density at radius 2 is 1.75 bits per heavy atom. The van der Waals surface area contributed by atoms with E-state index in [1.54, 1.807) is 0 Å². The average molecular weight is 150 g/mol. The molecule has 0 saturated carbocycles. The van der Waals surface area contributed by atoms with Crippen LogP contribution >= 0.6 is 0 Å². The molecule has 0 aromatic rings. The summed E-state index contributed by atoms with van der Waals surface area (Å²) in [4.78, 5) is 0. The first-order valence-electron chi connectivity index (χ1n) is 0.382. The number of rotatable bonds is 0. The minimum absolute atomic E-state index is 0. The molecule has 0 rings (SSSR count). The molecule has 0 radical (unpaired) electrons. The summed E-state index contributed by atoms with van der Waals surface area (Å²) in [5, 5.41) is 8.53. The second-order valence-corrected chi connectivity index (χ2v) is 0.292. The van der Waals surface area contributed by atoms with Gasteiger partial charge in [0.15, 0.2) is 0 Å². The van der Waals surface area contributed by atoms with Crippen molar-refractivity contribution in [2.45, 2.75) is 0 Å². The van der Waals surface area contributed by atoms with E-state index in [2.05, 4.69) is 15.5 Å². The van der Waals surface area contributed by atoms with Gasteiger partial charge in [0.25, 0.3) is 0 Å². The Labute approximate surface area is 45.5 Å². The van der Waals surface area contributed by atoms with Crippen LogP contribution in [0.25, 0.3) is 0 Å². The van der Waals surface area contributed by atoms with Crippen LogP contribution in [0.4, 0.5) is 0 Å². The summed E-state index contributed by atoms with van der Waals surface area (Å²) in [6.07, 6.45) is 0. The van der Waals surface area contributed by atoms with Gasteiger partial charge in [-0.25, -0.2) is 0 Å². The van der Waals surface area contributed by atoms with E-state index in [4.69, 9.17) is 5.26 Å². The van der Waals surface area contributed by atoms with Crippen LogP contribution in [0.2, 0.25) is 0 Å². The molecule has 0 N–H and O–H groups in total. The van der Waals surface area contributed by atoms with Crippen molar-refractivity contribution in [3.05, 3.63) is 0 Å². The molecule has 0 aromatic carbocycles. The third-order valence-electron chi connectivity index (χ3n) is 0.